The third-order valence-electron chi connectivity index (χ3n) is 2.97. The number of aliphatic imine (C=N–C) groups is 1. The molecule has 0 unspecified atom stereocenters. The Morgan fingerprint density at radius 1 is 1.29 bits per heavy atom. The van der Waals surface area contributed by atoms with Gasteiger partial charge in [0, 0.05) is 30.8 Å². The fourth-order valence-corrected chi connectivity index (χ4v) is 1.85. The van der Waals surface area contributed by atoms with Gasteiger partial charge < -0.3 is 0 Å². The van der Waals surface area contributed by atoms with Crippen LogP contribution in [0, 0.1) is 17.6 Å². The summed E-state index contributed by atoms with van der Waals surface area (Å²) in [5, 5.41) is 0. The molecular formula is C14H15F2N. The highest BCUT2D eigenvalue weighted by molar-refractivity contribution is 5.91. The molecule has 0 fully saturated rings. The first kappa shape index (κ1) is 12.0. The van der Waals surface area contributed by atoms with Crippen LogP contribution in [0.25, 0.3) is 0 Å². The summed E-state index contributed by atoms with van der Waals surface area (Å²) < 4.78 is 26.2. The molecule has 1 nitrogen and oxygen atoms in total. The average Bonchev–Trinajstić information content (AvgIpc) is 2.71. The summed E-state index contributed by atoms with van der Waals surface area (Å²) in [6.45, 7) is 4.23. The number of halogens is 2. The Labute approximate surface area is 99.9 Å². The largest absolute Gasteiger partial charge is 0.265 e. The van der Waals surface area contributed by atoms with E-state index in [0.29, 0.717) is 17.9 Å². The SMILES string of the molecule is CC(C)C1=CN=C(Cc2ccc(F)cc2F)C1. The molecule has 1 heterocycles. The normalized spacial score (nSPS) is 15.1. The second-order valence-electron chi connectivity index (χ2n) is 4.64. The fourth-order valence-electron chi connectivity index (χ4n) is 1.85. The van der Waals surface area contributed by atoms with E-state index >= 15 is 0 Å². The Kier molecular flexibility index (Phi) is 3.36. The van der Waals surface area contributed by atoms with Gasteiger partial charge in [-0.1, -0.05) is 19.9 Å². The summed E-state index contributed by atoms with van der Waals surface area (Å²) in [5.74, 6) is -0.569. The van der Waals surface area contributed by atoms with E-state index in [1.165, 1.54) is 17.7 Å². The van der Waals surface area contributed by atoms with Crippen molar-refractivity contribution in [1.82, 2.24) is 0 Å². The topological polar surface area (TPSA) is 12.4 Å². The van der Waals surface area contributed by atoms with Gasteiger partial charge >= 0.3 is 0 Å². The molecule has 0 amide bonds. The van der Waals surface area contributed by atoms with Crippen molar-refractivity contribution in [2.45, 2.75) is 26.7 Å². The minimum atomic E-state index is -0.541. The molecule has 0 saturated carbocycles. The molecule has 1 aromatic rings. The summed E-state index contributed by atoms with van der Waals surface area (Å²) in [7, 11) is 0. The van der Waals surface area contributed by atoms with Crippen LogP contribution in [0.15, 0.2) is 35.0 Å². The molecule has 0 spiro atoms. The second kappa shape index (κ2) is 4.78. The monoisotopic (exact) mass is 235 g/mol. The smallest absolute Gasteiger partial charge is 0.129 e. The zero-order valence-electron chi connectivity index (χ0n) is 10.0. The van der Waals surface area contributed by atoms with Crippen LogP contribution in [0.4, 0.5) is 8.78 Å². The number of benzene rings is 1. The molecule has 1 aliphatic heterocycles. The zero-order chi connectivity index (χ0) is 12.4. The van der Waals surface area contributed by atoms with E-state index in [2.05, 4.69) is 18.8 Å². The van der Waals surface area contributed by atoms with Crippen LogP contribution >= 0.6 is 0 Å². The lowest BCUT2D eigenvalue weighted by atomic mass is 9.97. The predicted octanol–water partition coefficient (Wildman–Crippen LogP) is 3.89. The number of nitrogens with zero attached hydrogens (tertiary/aromatic N) is 1. The first-order valence-electron chi connectivity index (χ1n) is 5.74. The Bertz CT molecular complexity index is 487. The maximum atomic E-state index is 13.4. The lowest BCUT2D eigenvalue weighted by Crippen LogP contribution is -2.05. The molecule has 3 heteroatoms. The van der Waals surface area contributed by atoms with Gasteiger partial charge in [0.25, 0.3) is 0 Å². The predicted molar refractivity (Wildman–Crippen MR) is 65.0 cm³/mol. The maximum Gasteiger partial charge on any atom is 0.129 e. The van der Waals surface area contributed by atoms with Gasteiger partial charge in [0.05, 0.1) is 0 Å². The summed E-state index contributed by atoms with van der Waals surface area (Å²) in [6.07, 6.45) is 3.12. The lowest BCUT2D eigenvalue weighted by Gasteiger charge is -2.07. The quantitative estimate of drug-likeness (QED) is 0.753. The van der Waals surface area contributed by atoms with E-state index in [-0.39, 0.29) is 0 Å². The van der Waals surface area contributed by atoms with Gasteiger partial charge in [-0.05, 0) is 23.1 Å². The molecular weight excluding hydrogens is 220 g/mol. The van der Waals surface area contributed by atoms with Gasteiger partial charge in [-0.2, -0.15) is 0 Å². The van der Waals surface area contributed by atoms with Crippen LogP contribution in [-0.2, 0) is 6.42 Å². The van der Waals surface area contributed by atoms with Crippen molar-refractivity contribution in [2.24, 2.45) is 10.9 Å². The van der Waals surface area contributed by atoms with Crippen molar-refractivity contribution in [3.05, 3.63) is 47.2 Å². The van der Waals surface area contributed by atoms with Crippen molar-refractivity contribution in [2.75, 3.05) is 0 Å². The number of rotatable bonds is 3. The lowest BCUT2D eigenvalue weighted by molar-refractivity contribution is 0.575. The maximum absolute atomic E-state index is 13.4. The van der Waals surface area contributed by atoms with Gasteiger partial charge in [-0.15, -0.1) is 0 Å². The van der Waals surface area contributed by atoms with Crippen molar-refractivity contribution in [3.63, 3.8) is 0 Å². The molecule has 90 valence electrons. The van der Waals surface area contributed by atoms with Gasteiger partial charge in [0.2, 0.25) is 0 Å². The van der Waals surface area contributed by atoms with Gasteiger partial charge in [-0.3, -0.25) is 4.99 Å². The Hall–Kier alpha value is -1.51. The molecule has 0 aliphatic carbocycles. The van der Waals surface area contributed by atoms with Crippen molar-refractivity contribution >= 4 is 5.71 Å². The van der Waals surface area contributed by atoms with E-state index < -0.39 is 11.6 Å². The van der Waals surface area contributed by atoms with E-state index in [1.807, 2.05) is 6.20 Å². The van der Waals surface area contributed by atoms with Gasteiger partial charge in [0.1, 0.15) is 11.6 Å². The van der Waals surface area contributed by atoms with Crippen LogP contribution in [0.1, 0.15) is 25.8 Å². The molecule has 1 aliphatic rings. The molecule has 1 aromatic carbocycles. The Balaban J connectivity index is 2.05. The zero-order valence-corrected chi connectivity index (χ0v) is 10.0. The number of hydrogen-bond donors (Lipinski definition) is 0. The third-order valence-corrected chi connectivity index (χ3v) is 2.97. The van der Waals surface area contributed by atoms with Crippen LogP contribution in [-0.4, -0.2) is 5.71 Å². The van der Waals surface area contributed by atoms with Gasteiger partial charge in [-0.25, -0.2) is 8.78 Å². The molecule has 0 N–H and O–H groups in total. The highest BCUT2D eigenvalue weighted by Crippen LogP contribution is 2.22. The van der Waals surface area contributed by atoms with Crippen molar-refractivity contribution in [3.8, 4) is 0 Å². The molecule has 0 atom stereocenters. The van der Waals surface area contributed by atoms with Crippen molar-refractivity contribution < 1.29 is 8.78 Å². The van der Waals surface area contributed by atoms with Gasteiger partial charge in [0.15, 0.2) is 0 Å². The minimum absolute atomic E-state index is 0.457. The molecule has 0 aromatic heterocycles. The third kappa shape index (κ3) is 2.78. The van der Waals surface area contributed by atoms with E-state index in [4.69, 9.17) is 0 Å². The van der Waals surface area contributed by atoms with Crippen LogP contribution in [0.3, 0.4) is 0 Å². The Morgan fingerprint density at radius 3 is 2.65 bits per heavy atom. The average molecular weight is 235 g/mol. The standard InChI is InChI=1S/C14H15F2N/c1-9(2)11-6-13(17-8-11)5-10-3-4-12(15)7-14(10)16/h3-4,7-9H,5-6H2,1-2H3. The van der Waals surface area contributed by atoms with E-state index in [9.17, 15) is 8.78 Å². The van der Waals surface area contributed by atoms with Crippen LogP contribution < -0.4 is 0 Å². The second-order valence-corrected chi connectivity index (χ2v) is 4.64. The highest BCUT2D eigenvalue weighted by atomic mass is 19.1. The molecule has 2 rings (SSSR count). The Morgan fingerprint density at radius 2 is 2.06 bits per heavy atom. The minimum Gasteiger partial charge on any atom is -0.265 e. The summed E-state index contributed by atoms with van der Waals surface area (Å²) in [6, 6.07) is 3.69. The first-order valence-corrected chi connectivity index (χ1v) is 5.74. The molecule has 0 saturated heterocycles. The molecule has 0 radical (unpaired) electrons. The summed E-state index contributed by atoms with van der Waals surface area (Å²) in [5.41, 5.74) is 2.71. The van der Waals surface area contributed by atoms with E-state index in [1.54, 1.807) is 0 Å². The number of allylic oxidation sites excluding steroid dienone is 1. The molecule has 17 heavy (non-hydrogen) atoms. The molecule has 0 bridgehead atoms. The van der Waals surface area contributed by atoms with E-state index in [0.717, 1.165) is 18.2 Å². The first-order chi connectivity index (χ1) is 8.06. The fraction of sp³-hybridized carbons (Fsp3) is 0.357. The van der Waals surface area contributed by atoms with Crippen molar-refractivity contribution in [1.29, 1.82) is 0 Å². The summed E-state index contributed by atoms with van der Waals surface area (Å²) >= 11 is 0. The van der Waals surface area contributed by atoms with Crippen LogP contribution in [0.5, 0.6) is 0 Å². The summed E-state index contributed by atoms with van der Waals surface area (Å²) in [4.78, 5) is 4.29. The number of hydrogen-bond acceptors (Lipinski definition) is 1. The highest BCUT2D eigenvalue weighted by Gasteiger charge is 2.15. The van der Waals surface area contributed by atoms with Crippen LogP contribution in [0.2, 0.25) is 0 Å².